The maximum atomic E-state index is 12.8. The van der Waals surface area contributed by atoms with Gasteiger partial charge in [0.2, 0.25) is 5.91 Å². The Kier molecular flexibility index (Phi) is 8.94. The van der Waals surface area contributed by atoms with E-state index in [-0.39, 0.29) is 5.91 Å². The number of carbonyl (C=O) groups excluding carboxylic acids is 1. The minimum Gasteiger partial charge on any atom is -0.493 e. The number of para-hydroxylation sites is 1. The van der Waals surface area contributed by atoms with E-state index in [1.54, 1.807) is 19.3 Å². The summed E-state index contributed by atoms with van der Waals surface area (Å²) >= 11 is 3.58. The van der Waals surface area contributed by atoms with E-state index < -0.39 is 0 Å². The molecule has 0 radical (unpaired) electrons. The Morgan fingerprint density at radius 1 is 0.971 bits per heavy atom. The molecule has 0 atom stereocenters. The van der Waals surface area contributed by atoms with Crippen LogP contribution >= 0.6 is 15.9 Å². The molecular formula is C29H32BrNO3. The Hall–Kier alpha value is -3.05. The normalized spacial score (nSPS) is 11.3. The Balaban J connectivity index is 1.78. The van der Waals surface area contributed by atoms with Gasteiger partial charge in [-0.3, -0.25) is 4.79 Å². The molecule has 3 rings (SSSR count). The first-order valence-electron chi connectivity index (χ1n) is 11.5. The summed E-state index contributed by atoms with van der Waals surface area (Å²) in [6.07, 6.45) is 3.32. The number of nitrogens with one attached hydrogen (secondary N) is 1. The highest BCUT2D eigenvalue weighted by atomic mass is 79.9. The van der Waals surface area contributed by atoms with Gasteiger partial charge in [-0.05, 0) is 68.2 Å². The number of amides is 1. The molecule has 1 N–H and O–H groups in total. The van der Waals surface area contributed by atoms with Gasteiger partial charge in [-0.1, -0.05) is 76.2 Å². The third-order valence-corrected chi connectivity index (χ3v) is 6.12. The number of hydrogen-bond acceptors (Lipinski definition) is 3. The number of carbonyl (C=O) groups is 1. The lowest BCUT2D eigenvalue weighted by Crippen LogP contribution is -2.13. The Bertz CT molecular complexity index is 1130. The molecule has 1 amide bonds. The summed E-state index contributed by atoms with van der Waals surface area (Å²) in [7, 11) is 1.60. The Morgan fingerprint density at radius 3 is 2.21 bits per heavy atom. The van der Waals surface area contributed by atoms with E-state index in [4.69, 9.17) is 9.47 Å². The van der Waals surface area contributed by atoms with Gasteiger partial charge in [-0.15, -0.1) is 0 Å². The van der Waals surface area contributed by atoms with Gasteiger partial charge in [-0.25, -0.2) is 0 Å². The van der Waals surface area contributed by atoms with Gasteiger partial charge in [0.1, 0.15) is 6.61 Å². The molecule has 178 valence electrons. The van der Waals surface area contributed by atoms with Crippen molar-refractivity contribution in [3.63, 3.8) is 0 Å². The molecule has 3 aromatic carbocycles. The fourth-order valence-corrected chi connectivity index (χ4v) is 4.31. The van der Waals surface area contributed by atoms with Gasteiger partial charge < -0.3 is 14.8 Å². The SMILES string of the molecule is COc1cc(/C=C/C(=O)Nc2c(C(C)C)cccc2C(C)C)cc(Br)c1OCc1ccccc1. The molecule has 4 nitrogen and oxygen atoms in total. The van der Waals surface area contributed by atoms with Crippen molar-refractivity contribution < 1.29 is 14.3 Å². The summed E-state index contributed by atoms with van der Waals surface area (Å²) in [5.41, 5.74) is 5.08. The molecule has 5 heteroatoms. The molecule has 0 aliphatic rings. The lowest BCUT2D eigenvalue weighted by atomic mass is 9.92. The van der Waals surface area contributed by atoms with Crippen molar-refractivity contribution in [2.75, 3.05) is 12.4 Å². The highest BCUT2D eigenvalue weighted by molar-refractivity contribution is 9.10. The van der Waals surface area contributed by atoms with E-state index in [9.17, 15) is 4.79 Å². The van der Waals surface area contributed by atoms with Gasteiger partial charge >= 0.3 is 0 Å². The fourth-order valence-electron chi connectivity index (χ4n) is 3.74. The van der Waals surface area contributed by atoms with Crippen LogP contribution in [0.5, 0.6) is 11.5 Å². The van der Waals surface area contributed by atoms with Crippen LogP contribution in [0.1, 0.15) is 61.8 Å². The quantitative estimate of drug-likeness (QED) is 0.290. The minimum atomic E-state index is -0.172. The van der Waals surface area contributed by atoms with Crippen molar-refractivity contribution in [2.24, 2.45) is 0 Å². The van der Waals surface area contributed by atoms with Crippen LogP contribution in [-0.2, 0) is 11.4 Å². The van der Waals surface area contributed by atoms with E-state index >= 15 is 0 Å². The third kappa shape index (κ3) is 6.51. The zero-order valence-corrected chi connectivity index (χ0v) is 22.0. The lowest BCUT2D eigenvalue weighted by Gasteiger charge is -2.19. The molecule has 0 spiro atoms. The second-order valence-corrected chi connectivity index (χ2v) is 9.61. The summed E-state index contributed by atoms with van der Waals surface area (Å²) in [5.74, 6) is 1.66. The molecule has 0 aliphatic heterocycles. The molecule has 0 saturated heterocycles. The topological polar surface area (TPSA) is 47.6 Å². The first-order valence-corrected chi connectivity index (χ1v) is 12.3. The summed E-state index contributed by atoms with van der Waals surface area (Å²) < 4.78 is 12.3. The zero-order valence-electron chi connectivity index (χ0n) is 20.4. The molecular weight excluding hydrogens is 490 g/mol. The largest absolute Gasteiger partial charge is 0.493 e. The number of rotatable bonds is 9. The van der Waals surface area contributed by atoms with E-state index in [1.807, 2.05) is 42.5 Å². The molecule has 0 fully saturated rings. The van der Waals surface area contributed by atoms with E-state index in [0.29, 0.717) is 29.9 Å². The van der Waals surface area contributed by atoms with Crippen LogP contribution in [0.25, 0.3) is 6.08 Å². The monoisotopic (exact) mass is 521 g/mol. The molecule has 0 unspecified atom stereocenters. The highest BCUT2D eigenvalue weighted by Crippen LogP contribution is 2.38. The Labute approximate surface area is 211 Å². The molecule has 0 heterocycles. The number of halogens is 1. The van der Waals surface area contributed by atoms with Crippen molar-refractivity contribution in [2.45, 2.75) is 46.1 Å². The average molecular weight is 522 g/mol. The van der Waals surface area contributed by atoms with Crippen LogP contribution < -0.4 is 14.8 Å². The standard InChI is InChI=1S/C29H32BrNO3/c1-19(2)23-12-9-13-24(20(3)4)28(23)31-27(32)15-14-22-16-25(30)29(26(17-22)33-5)34-18-21-10-7-6-8-11-21/h6-17,19-20H,18H2,1-5H3,(H,31,32)/b15-14+. The van der Waals surface area contributed by atoms with Crippen molar-refractivity contribution in [1.29, 1.82) is 0 Å². The number of benzene rings is 3. The maximum Gasteiger partial charge on any atom is 0.248 e. The number of methoxy groups -OCH3 is 1. The molecule has 3 aromatic rings. The predicted molar refractivity (Wildman–Crippen MR) is 144 cm³/mol. The van der Waals surface area contributed by atoms with Crippen LogP contribution in [0.2, 0.25) is 0 Å². The maximum absolute atomic E-state index is 12.8. The van der Waals surface area contributed by atoms with Crippen molar-refractivity contribution in [1.82, 2.24) is 0 Å². The van der Waals surface area contributed by atoms with Gasteiger partial charge in [-0.2, -0.15) is 0 Å². The summed E-state index contributed by atoms with van der Waals surface area (Å²) in [6.45, 7) is 8.97. The zero-order chi connectivity index (χ0) is 24.7. The van der Waals surface area contributed by atoms with Crippen LogP contribution in [0.15, 0.2) is 71.2 Å². The molecule has 34 heavy (non-hydrogen) atoms. The average Bonchev–Trinajstić information content (AvgIpc) is 2.82. The second kappa shape index (κ2) is 11.9. The third-order valence-electron chi connectivity index (χ3n) is 5.53. The van der Waals surface area contributed by atoms with Crippen molar-refractivity contribution >= 4 is 33.6 Å². The van der Waals surface area contributed by atoms with Gasteiger partial charge in [0.15, 0.2) is 11.5 Å². The lowest BCUT2D eigenvalue weighted by molar-refractivity contribution is -0.111. The molecule has 0 aliphatic carbocycles. The second-order valence-electron chi connectivity index (χ2n) is 8.75. The number of ether oxygens (including phenoxy) is 2. The van der Waals surface area contributed by atoms with Crippen LogP contribution in [-0.4, -0.2) is 13.0 Å². The highest BCUT2D eigenvalue weighted by Gasteiger charge is 2.15. The van der Waals surface area contributed by atoms with Crippen LogP contribution in [0.4, 0.5) is 5.69 Å². The van der Waals surface area contributed by atoms with Crippen LogP contribution in [0, 0.1) is 0 Å². The van der Waals surface area contributed by atoms with E-state index in [0.717, 1.165) is 32.4 Å². The molecule has 0 saturated carbocycles. The first-order chi connectivity index (χ1) is 16.3. The fraction of sp³-hybridized carbons (Fsp3) is 0.276. The summed E-state index contributed by atoms with van der Waals surface area (Å²) in [4.78, 5) is 12.8. The van der Waals surface area contributed by atoms with Gasteiger partial charge in [0, 0.05) is 11.8 Å². The molecule has 0 bridgehead atoms. The first kappa shape index (κ1) is 25.6. The number of hydrogen-bond donors (Lipinski definition) is 1. The van der Waals surface area contributed by atoms with Gasteiger partial charge in [0.05, 0.1) is 11.6 Å². The smallest absolute Gasteiger partial charge is 0.248 e. The predicted octanol–water partition coefficient (Wildman–Crippen LogP) is 7.94. The van der Waals surface area contributed by atoms with E-state index in [1.165, 1.54) is 0 Å². The minimum absolute atomic E-state index is 0.172. The van der Waals surface area contributed by atoms with Crippen molar-refractivity contribution in [3.05, 3.63) is 93.5 Å². The number of anilines is 1. The van der Waals surface area contributed by atoms with Crippen molar-refractivity contribution in [3.8, 4) is 11.5 Å². The Morgan fingerprint density at radius 2 is 1.62 bits per heavy atom. The summed E-state index contributed by atoms with van der Waals surface area (Å²) in [6, 6.07) is 19.9. The van der Waals surface area contributed by atoms with Crippen LogP contribution in [0.3, 0.4) is 0 Å². The summed E-state index contributed by atoms with van der Waals surface area (Å²) in [5, 5.41) is 3.11. The van der Waals surface area contributed by atoms with Gasteiger partial charge in [0.25, 0.3) is 0 Å². The molecule has 0 aromatic heterocycles. The van der Waals surface area contributed by atoms with E-state index in [2.05, 4.69) is 67.1 Å².